The van der Waals surface area contributed by atoms with Gasteiger partial charge in [0.2, 0.25) is 0 Å². The second-order valence-electron chi connectivity index (χ2n) is 6.31. The van der Waals surface area contributed by atoms with Crippen molar-refractivity contribution in [2.45, 2.75) is 55.5 Å². The van der Waals surface area contributed by atoms with E-state index in [2.05, 4.69) is 21.3 Å². The molecule has 0 saturated heterocycles. The number of carboxylic acid groups (broad SMARTS) is 1. The third-order valence-electron chi connectivity index (χ3n) is 5.04. The maximum atomic E-state index is 10.7. The molecular formula is C13H17N3O2. The molecule has 4 aliphatic carbocycles. The Morgan fingerprint density at radius 3 is 2.72 bits per heavy atom. The number of rotatable bonds is 3. The van der Waals surface area contributed by atoms with Gasteiger partial charge in [0.1, 0.15) is 0 Å². The summed E-state index contributed by atoms with van der Waals surface area (Å²) in [7, 11) is 0. The summed E-state index contributed by atoms with van der Waals surface area (Å²) < 4.78 is 2.09. The van der Waals surface area contributed by atoms with E-state index in [4.69, 9.17) is 5.11 Å². The molecule has 0 atom stereocenters. The van der Waals surface area contributed by atoms with Gasteiger partial charge in [0.05, 0.1) is 17.3 Å². The van der Waals surface area contributed by atoms with E-state index in [-0.39, 0.29) is 11.1 Å². The van der Waals surface area contributed by atoms with Crippen molar-refractivity contribution in [3.63, 3.8) is 0 Å². The number of nitrogens with zero attached hydrogens (tertiary/aromatic N) is 2. The van der Waals surface area contributed by atoms with Crippen molar-refractivity contribution in [1.82, 2.24) is 15.1 Å². The van der Waals surface area contributed by atoms with Gasteiger partial charge >= 0.3 is 6.09 Å². The highest BCUT2D eigenvalue weighted by atomic mass is 16.4. The van der Waals surface area contributed by atoms with Crippen LogP contribution in [0.2, 0.25) is 0 Å². The van der Waals surface area contributed by atoms with E-state index in [1.165, 1.54) is 24.8 Å². The maximum absolute atomic E-state index is 10.7. The van der Waals surface area contributed by atoms with Crippen LogP contribution in [0.5, 0.6) is 0 Å². The third kappa shape index (κ3) is 1.22. The van der Waals surface area contributed by atoms with Crippen LogP contribution in [-0.2, 0) is 5.54 Å². The Hall–Kier alpha value is -1.52. The van der Waals surface area contributed by atoms with E-state index >= 15 is 0 Å². The van der Waals surface area contributed by atoms with E-state index in [1.807, 2.05) is 6.20 Å². The van der Waals surface area contributed by atoms with Gasteiger partial charge in [-0.05, 0) is 43.6 Å². The fourth-order valence-electron chi connectivity index (χ4n) is 3.89. The highest BCUT2D eigenvalue weighted by Gasteiger charge is 2.70. The molecule has 4 aliphatic rings. The van der Waals surface area contributed by atoms with Crippen LogP contribution < -0.4 is 5.32 Å². The van der Waals surface area contributed by atoms with Crippen molar-refractivity contribution in [2.24, 2.45) is 0 Å². The predicted octanol–water partition coefficient (Wildman–Crippen LogP) is 2.05. The lowest BCUT2D eigenvalue weighted by molar-refractivity contribution is -0.140. The summed E-state index contributed by atoms with van der Waals surface area (Å²) in [6.07, 6.45) is 9.92. The number of hydrogen-bond acceptors (Lipinski definition) is 2. The number of amides is 1. The Kier molecular flexibility index (Phi) is 1.78. The molecule has 0 radical (unpaired) electrons. The van der Waals surface area contributed by atoms with Crippen molar-refractivity contribution >= 4 is 6.09 Å². The molecule has 1 aromatic heterocycles. The highest BCUT2D eigenvalue weighted by molar-refractivity contribution is 5.67. The molecule has 5 rings (SSSR count). The van der Waals surface area contributed by atoms with Crippen molar-refractivity contribution in [3.05, 3.63) is 18.0 Å². The Labute approximate surface area is 105 Å². The molecule has 1 amide bonds. The first-order chi connectivity index (χ1) is 8.61. The maximum Gasteiger partial charge on any atom is 0.405 e. The minimum Gasteiger partial charge on any atom is -0.465 e. The molecule has 0 spiro atoms. The number of hydrogen-bond donors (Lipinski definition) is 2. The van der Waals surface area contributed by atoms with Gasteiger partial charge < -0.3 is 10.4 Å². The zero-order chi connectivity index (χ0) is 12.4. The summed E-state index contributed by atoms with van der Waals surface area (Å²) in [5, 5.41) is 15.9. The average Bonchev–Trinajstić information content (AvgIpc) is 2.54. The van der Waals surface area contributed by atoms with Crippen molar-refractivity contribution < 1.29 is 9.90 Å². The van der Waals surface area contributed by atoms with E-state index in [1.54, 1.807) is 0 Å². The first-order valence-electron chi connectivity index (χ1n) is 6.67. The van der Waals surface area contributed by atoms with Crippen LogP contribution in [0.4, 0.5) is 4.79 Å². The highest BCUT2D eigenvalue weighted by Crippen LogP contribution is 2.65. The van der Waals surface area contributed by atoms with Gasteiger partial charge in [0.15, 0.2) is 0 Å². The van der Waals surface area contributed by atoms with Gasteiger partial charge in [-0.1, -0.05) is 6.42 Å². The Morgan fingerprint density at radius 2 is 2.17 bits per heavy atom. The van der Waals surface area contributed by atoms with Gasteiger partial charge in [-0.2, -0.15) is 5.10 Å². The standard InChI is InChI=1S/C13H17N3O2/c17-11(18)15-12-6-13(7-12,8-12)16-5-10(4-14-16)9-2-1-3-9/h4-5,9,15H,1-3,6-8H2,(H,17,18). The lowest BCUT2D eigenvalue weighted by Crippen LogP contribution is -2.78. The van der Waals surface area contributed by atoms with Crippen LogP contribution in [0, 0.1) is 0 Å². The average molecular weight is 247 g/mol. The van der Waals surface area contributed by atoms with Gasteiger partial charge in [-0.15, -0.1) is 0 Å². The minimum absolute atomic E-state index is 0.116. The molecule has 1 aromatic rings. The quantitative estimate of drug-likeness (QED) is 0.859. The molecule has 0 aliphatic heterocycles. The van der Waals surface area contributed by atoms with Crippen LogP contribution in [0.15, 0.2) is 12.4 Å². The van der Waals surface area contributed by atoms with Gasteiger partial charge in [-0.3, -0.25) is 4.68 Å². The molecule has 5 heteroatoms. The van der Waals surface area contributed by atoms with Crippen LogP contribution in [0.25, 0.3) is 0 Å². The molecule has 96 valence electrons. The van der Waals surface area contributed by atoms with Gasteiger partial charge in [0, 0.05) is 6.20 Å². The van der Waals surface area contributed by atoms with E-state index in [9.17, 15) is 4.79 Å². The Morgan fingerprint density at radius 1 is 1.44 bits per heavy atom. The SMILES string of the molecule is O=C(O)NC12CC(n3cc(C4CCC4)cn3)(C1)C2. The first-order valence-corrected chi connectivity index (χ1v) is 6.67. The zero-order valence-electron chi connectivity index (χ0n) is 10.2. The molecular weight excluding hydrogens is 230 g/mol. The fraction of sp³-hybridized carbons (Fsp3) is 0.692. The van der Waals surface area contributed by atoms with E-state index in [0.717, 1.165) is 25.2 Å². The van der Waals surface area contributed by atoms with Crippen LogP contribution >= 0.6 is 0 Å². The molecule has 1 heterocycles. The summed E-state index contributed by atoms with van der Waals surface area (Å²) in [6.45, 7) is 0. The Bertz CT molecular complexity index is 498. The van der Waals surface area contributed by atoms with E-state index < -0.39 is 6.09 Å². The second kappa shape index (κ2) is 3.08. The topological polar surface area (TPSA) is 67.2 Å². The monoisotopic (exact) mass is 247 g/mol. The number of nitrogens with one attached hydrogen (secondary N) is 1. The molecule has 2 N–H and O–H groups in total. The summed E-state index contributed by atoms with van der Waals surface area (Å²) in [4.78, 5) is 10.7. The van der Waals surface area contributed by atoms with Crippen molar-refractivity contribution in [3.8, 4) is 0 Å². The number of aromatic nitrogens is 2. The molecule has 18 heavy (non-hydrogen) atoms. The van der Waals surface area contributed by atoms with Gasteiger partial charge in [0.25, 0.3) is 0 Å². The summed E-state index contributed by atoms with van der Waals surface area (Å²) in [5.41, 5.74) is 1.34. The Balaban J connectivity index is 1.47. The summed E-state index contributed by atoms with van der Waals surface area (Å²) >= 11 is 0. The minimum atomic E-state index is -0.904. The lowest BCUT2D eigenvalue weighted by Gasteiger charge is -2.69. The number of carbonyl (C=O) groups is 1. The summed E-state index contributed by atoms with van der Waals surface area (Å²) in [6, 6.07) is 0. The lowest BCUT2D eigenvalue weighted by atomic mass is 9.44. The van der Waals surface area contributed by atoms with E-state index in [0.29, 0.717) is 0 Å². The van der Waals surface area contributed by atoms with Crippen molar-refractivity contribution in [2.75, 3.05) is 0 Å². The normalized spacial score (nSPS) is 37.3. The molecule has 0 aromatic carbocycles. The fourth-order valence-corrected chi connectivity index (χ4v) is 3.89. The first kappa shape index (κ1) is 10.4. The molecule has 4 saturated carbocycles. The van der Waals surface area contributed by atoms with Gasteiger partial charge in [-0.25, -0.2) is 4.79 Å². The predicted molar refractivity (Wildman–Crippen MR) is 64.5 cm³/mol. The third-order valence-corrected chi connectivity index (χ3v) is 5.04. The van der Waals surface area contributed by atoms with Crippen LogP contribution in [-0.4, -0.2) is 26.5 Å². The molecule has 5 nitrogen and oxygen atoms in total. The summed E-state index contributed by atoms with van der Waals surface area (Å²) in [5.74, 6) is 0.720. The largest absolute Gasteiger partial charge is 0.465 e. The van der Waals surface area contributed by atoms with Crippen LogP contribution in [0.3, 0.4) is 0 Å². The molecule has 0 unspecified atom stereocenters. The smallest absolute Gasteiger partial charge is 0.405 e. The second-order valence-corrected chi connectivity index (χ2v) is 6.31. The zero-order valence-corrected chi connectivity index (χ0v) is 10.2. The molecule has 4 fully saturated rings. The molecule has 2 bridgehead atoms. The van der Waals surface area contributed by atoms with Crippen molar-refractivity contribution in [1.29, 1.82) is 0 Å². The van der Waals surface area contributed by atoms with Crippen LogP contribution in [0.1, 0.15) is 50.0 Å².